The number of esters is 1. The summed E-state index contributed by atoms with van der Waals surface area (Å²) in [4.78, 5) is 29.8. The zero-order valence-electron chi connectivity index (χ0n) is 22.0. The lowest BCUT2D eigenvalue weighted by atomic mass is 10.1. The number of hydrogen-bond acceptors (Lipinski definition) is 8. The van der Waals surface area contributed by atoms with Gasteiger partial charge in [-0.15, -0.1) is 0 Å². The van der Waals surface area contributed by atoms with Gasteiger partial charge < -0.3 is 19.1 Å². The minimum atomic E-state index is -3.28. The molecule has 0 saturated carbocycles. The minimum Gasteiger partial charge on any atom is -0.461 e. The molecule has 208 valence electrons. The Morgan fingerprint density at radius 3 is 2.41 bits per heavy atom. The Balaban J connectivity index is 1.48. The minimum absolute atomic E-state index is 0.0632. The molecule has 2 aromatic heterocycles. The van der Waals surface area contributed by atoms with Crippen molar-refractivity contribution in [3.8, 4) is 5.69 Å². The number of carbonyl (C=O) groups is 2. The van der Waals surface area contributed by atoms with E-state index in [1.54, 1.807) is 49.7 Å². The van der Waals surface area contributed by atoms with Crippen LogP contribution in [0.1, 0.15) is 60.5 Å². The Kier molecular flexibility index (Phi) is 9.11. The van der Waals surface area contributed by atoms with Gasteiger partial charge in [-0.3, -0.25) is 9.88 Å². The number of hydrogen-bond donors (Lipinski definition) is 2. The van der Waals surface area contributed by atoms with Gasteiger partial charge in [0.25, 0.3) is 0 Å². The number of benzene rings is 1. The molecule has 1 aliphatic rings. The monoisotopic (exact) mass is 559 g/mol. The molecule has 2 N–H and O–H groups in total. The number of anilines is 1. The summed E-state index contributed by atoms with van der Waals surface area (Å²) in [7, 11) is -3.28. The molecule has 1 aromatic carbocycles. The standard InChI is InChI=1S/C26H31FN5O6P/c1-4-36-25(33)24-23-20(12-13-21(23)32(31-24)19-10-8-18(27)9-11-19)29-26(34)30-22-14-7-17(15-28-22)16-39(35,37-5-2)38-6-3/h7-11,14-15,20H,4-6,12-13,16H2,1-3H3,(H2,28,29,30,34). The van der Waals surface area contributed by atoms with Crippen LogP contribution in [-0.2, 0) is 30.9 Å². The average Bonchev–Trinajstić information content (AvgIpc) is 3.47. The van der Waals surface area contributed by atoms with E-state index >= 15 is 0 Å². The molecule has 13 heteroatoms. The molecule has 1 unspecified atom stereocenters. The topological polar surface area (TPSA) is 134 Å². The van der Waals surface area contributed by atoms with E-state index in [0.29, 0.717) is 29.7 Å². The van der Waals surface area contributed by atoms with Crippen molar-refractivity contribution < 1.29 is 32.3 Å². The predicted octanol–water partition coefficient (Wildman–Crippen LogP) is 5.16. The number of carbonyl (C=O) groups excluding carboxylic acids is 2. The molecule has 0 bridgehead atoms. The molecule has 1 atom stereocenters. The molecular weight excluding hydrogens is 528 g/mol. The van der Waals surface area contributed by atoms with Gasteiger partial charge in [-0.2, -0.15) is 5.10 Å². The van der Waals surface area contributed by atoms with Crippen LogP contribution in [0.25, 0.3) is 5.69 Å². The number of fused-ring (bicyclic) bond motifs is 1. The van der Waals surface area contributed by atoms with Gasteiger partial charge in [0, 0.05) is 11.8 Å². The summed E-state index contributed by atoms with van der Waals surface area (Å²) in [6.07, 6.45) is 2.63. The van der Waals surface area contributed by atoms with E-state index in [4.69, 9.17) is 13.8 Å². The zero-order chi connectivity index (χ0) is 28.0. The normalized spacial score (nSPS) is 14.6. The second kappa shape index (κ2) is 12.5. The first kappa shape index (κ1) is 28.4. The maximum absolute atomic E-state index is 13.5. The maximum atomic E-state index is 13.5. The number of nitrogens with one attached hydrogen (secondary N) is 2. The Bertz CT molecular complexity index is 1350. The number of nitrogens with zero attached hydrogens (tertiary/aromatic N) is 3. The molecular formula is C26H31FN5O6P. The quantitative estimate of drug-likeness (QED) is 0.243. The van der Waals surface area contributed by atoms with Gasteiger partial charge in [-0.1, -0.05) is 6.07 Å². The number of aromatic nitrogens is 3. The van der Waals surface area contributed by atoms with Crippen molar-refractivity contribution in [1.29, 1.82) is 0 Å². The summed E-state index contributed by atoms with van der Waals surface area (Å²) in [6.45, 7) is 5.87. The lowest BCUT2D eigenvalue weighted by molar-refractivity contribution is 0.0516. The van der Waals surface area contributed by atoms with Crippen molar-refractivity contribution >= 4 is 25.4 Å². The first-order valence-electron chi connectivity index (χ1n) is 12.7. The average molecular weight is 560 g/mol. The van der Waals surface area contributed by atoms with Crippen LogP contribution in [0.3, 0.4) is 0 Å². The molecule has 0 fully saturated rings. The Hall–Kier alpha value is -3.60. The Labute approximate surface area is 225 Å². The van der Waals surface area contributed by atoms with Crippen molar-refractivity contribution in [3.63, 3.8) is 0 Å². The summed E-state index contributed by atoms with van der Waals surface area (Å²) in [5.74, 6) is -0.703. The molecule has 1 aliphatic carbocycles. The third-order valence-corrected chi connectivity index (χ3v) is 8.04. The van der Waals surface area contributed by atoms with Crippen LogP contribution in [0.4, 0.5) is 15.0 Å². The highest BCUT2D eigenvalue weighted by molar-refractivity contribution is 7.53. The number of ether oxygens (including phenoxy) is 1. The van der Waals surface area contributed by atoms with Crippen LogP contribution in [-0.4, -0.2) is 46.6 Å². The van der Waals surface area contributed by atoms with Gasteiger partial charge in [-0.25, -0.2) is 23.6 Å². The lowest BCUT2D eigenvalue weighted by Crippen LogP contribution is -2.32. The van der Waals surface area contributed by atoms with Crippen LogP contribution in [0.5, 0.6) is 0 Å². The number of halogens is 1. The van der Waals surface area contributed by atoms with E-state index < -0.39 is 25.6 Å². The van der Waals surface area contributed by atoms with E-state index in [9.17, 15) is 18.5 Å². The van der Waals surface area contributed by atoms with Crippen LogP contribution in [0.2, 0.25) is 0 Å². The van der Waals surface area contributed by atoms with Gasteiger partial charge in [0.05, 0.1) is 43.4 Å². The van der Waals surface area contributed by atoms with Crippen molar-refractivity contribution in [2.24, 2.45) is 0 Å². The van der Waals surface area contributed by atoms with Crippen molar-refractivity contribution in [2.45, 2.75) is 45.8 Å². The number of amides is 2. The molecule has 0 aliphatic heterocycles. The highest BCUT2D eigenvalue weighted by Gasteiger charge is 2.35. The molecule has 2 heterocycles. The van der Waals surface area contributed by atoms with Crippen LogP contribution < -0.4 is 10.6 Å². The van der Waals surface area contributed by atoms with Gasteiger partial charge in [-0.05, 0) is 69.5 Å². The molecule has 0 radical (unpaired) electrons. The largest absolute Gasteiger partial charge is 0.461 e. The third-order valence-electron chi connectivity index (χ3n) is 5.98. The first-order valence-corrected chi connectivity index (χ1v) is 14.4. The first-order chi connectivity index (χ1) is 18.8. The predicted molar refractivity (Wildman–Crippen MR) is 141 cm³/mol. The van der Waals surface area contributed by atoms with E-state index in [1.807, 2.05) is 0 Å². The zero-order valence-corrected chi connectivity index (χ0v) is 22.9. The van der Waals surface area contributed by atoms with Gasteiger partial charge in [0.1, 0.15) is 11.6 Å². The molecule has 0 spiro atoms. The van der Waals surface area contributed by atoms with E-state index in [1.165, 1.54) is 18.3 Å². The summed E-state index contributed by atoms with van der Waals surface area (Å²) in [5.41, 5.74) is 2.65. The van der Waals surface area contributed by atoms with Gasteiger partial charge in [0.15, 0.2) is 5.69 Å². The summed E-state index contributed by atoms with van der Waals surface area (Å²) in [6, 6.07) is 8.03. The highest BCUT2D eigenvalue weighted by atomic mass is 31.2. The fourth-order valence-electron chi connectivity index (χ4n) is 4.44. The highest BCUT2D eigenvalue weighted by Crippen LogP contribution is 2.51. The smallest absolute Gasteiger partial charge is 0.359 e. The molecule has 2 amide bonds. The summed E-state index contributed by atoms with van der Waals surface area (Å²) >= 11 is 0. The Morgan fingerprint density at radius 1 is 1.08 bits per heavy atom. The molecule has 0 saturated heterocycles. The van der Waals surface area contributed by atoms with Crippen molar-refractivity contribution in [1.82, 2.24) is 20.1 Å². The second-order valence-corrected chi connectivity index (χ2v) is 10.7. The lowest BCUT2D eigenvalue weighted by Gasteiger charge is -2.17. The fraction of sp³-hybridized carbons (Fsp3) is 0.385. The molecule has 3 aromatic rings. The second-order valence-electron chi connectivity index (χ2n) is 8.66. The number of urea groups is 1. The van der Waals surface area contributed by atoms with Crippen LogP contribution in [0.15, 0.2) is 42.6 Å². The maximum Gasteiger partial charge on any atom is 0.359 e. The van der Waals surface area contributed by atoms with E-state index in [-0.39, 0.29) is 43.3 Å². The number of pyridine rings is 1. The van der Waals surface area contributed by atoms with E-state index in [0.717, 1.165) is 5.69 Å². The van der Waals surface area contributed by atoms with Crippen LogP contribution >= 0.6 is 7.60 Å². The van der Waals surface area contributed by atoms with Crippen molar-refractivity contribution in [2.75, 3.05) is 25.1 Å². The van der Waals surface area contributed by atoms with Gasteiger partial charge >= 0.3 is 19.6 Å². The van der Waals surface area contributed by atoms with Gasteiger partial charge in [0.2, 0.25) is 0 Å². The summed E-state index contributed by atoms with van der Waals surface area (Å²) in [5, 5.41) is 10.0. The van der Waals surface area contributed by atoms with Crippen LogP contribution in [0, 0.1) is 5.82 Å². The molecule has 4 rings (SSSR count). The molecule has 11 nitrogen and oxygen atoms in total. The SMILES string of the molecule is CCOC(=O)c1nn(-c2ccc(F)cc2)c2c1C(NC(=O)Nc1ccc(CP(=O)(OCC)OCC)cn1)CC2. The van der Waals surface area contributed by atoms with Crippen molar-refractivity contribution in [3.05, 3.63) is 70.9 Å². The number of rotatable bonds is 11. The summed E-state index contributed by atoms with van der Waals surface area (Å²) < 4.78 is 43.6. The van der Waals surface area contributed by atoms with E-state index in [2.05, 4.69) is 20.7 Å². The fourth-order valence-corrected chi connectivity index (χ4v) is 6.11. The Morgan fingerprint density at radius 2 is 1.79 bits per heavy atom. The third kappa shape index (κ3) is 6.70. The molecule has 39 heavy (non-hydrogen) atoms.